The second kappa shape index (κ2) is 8.47. The average molecular weight is 368 g/mol. The molecule has 0 aromatic heterocycles. The number of nitrogens with one attached hydrogen (secondary N) is 1. The van der Waals surface area contributed by atoms with Gasteiger partial charge in [-0.3, -0.25) is 4.79 Å². The van der Waals surface area contributed by atoms with Gasteiger partial charge in [0.15, 0.2) is 0 Å². The van der Waals surface area contributed by atoms with E-state index >= 15 is 0 Å². The van der Waals surface area contributed by atoms with Gasteiger partial charge in [0.2, 0.25) is 10.0 Å². The highest BCUT2D eigenvalue weighted by Gasteiger charge is 2.26. The molecule has 0 spiro atoms. The van der Waals surface area contributed by atoms with Gasteiger partial charge in [-0.2, -0.15) is 4.72 Å². The highest BCUT2D eigenvalue weighted by molar-refractivity contribution is 7.89. The number of carbonyl (C=O) groups excluding carboxylic acids is 1. The summed E-state index contributed by atoms with van der Waals surface area (Å²) in [7, 11) is -5.41. The van der Waals surface area contributed by atoms with Gasteiger partial charge in [-0.15, -0.1) is 11.5 Å². The van der Waals surface area contributed by atoms with E-state index in [9.17, 15) is 13.2 Å². The molecule has 0 aliphatic heterocycles. The van der Waals surface area contributed by atoms with E-state index < -0.39 is 30.1 Å². The Hall–Kier alpha value is -1.62. The van der Waals surface area contributed by atoms with Crippen LogP contribution in [0.4, 0.5) is 0 Å². The normalized spacial score (nSPS) is 12.9. The zero-order chi connectivity index (χ0) is 18.4. The lowest BCUT2D eigenvalue weighted by atomic mass is 10.2. The molecule has 1 unspecified atom stereocenters. The molecule has 1 aromatic carbocycles. The van der Waals surface area contributed by atoms with Crippen molar-refractivity contribution in [1.82, 2.24) is 4.72 Å². The third-order valence-corrected chi connectivity index (χ3v) is 5.38. The van der Waals surface area contributed by atoms with Crippen LogP contribution >= 0.6 is 0 Å². The number of benzene rings is 1. The van der Waals surface area contributed by atoms with Crippen molar-refractivity contribution in [3.63, 3.8) is 0 Å². The fourth-order valence-electron chi connectivity index (χ4n) is 1.81. The number of sulfonamides is 1. The van der Waals surface area contributed by atoms with Gasteiger partial charge < -0.3 is 4.74 Å². The highest BCUT2D eigenvalue weighted by atomic mass is 32.2. The molecule has 24 heavy (non-hydrogen) atoms. The van der Waals surface area contributed by atoms with E-state index in [0.717, 1.165) is 5.56 Å². The number of ether oxygens (including phenoxy) is 1. The molecule has 5 nitrogen and oxygen atoms in total. The Labute approximate surface area is 145 Å². The fourth-order valence-corrected chi connectivity index (χ4v) is 3.62. The predicted molar refractivity (Wildman–Crippen MR) is 97.7 cm³/mol. The summed E-state index contributed by atoms with van der Waals surface area (Å²) >= 11 is 0. The first-order valence-corrected chi connectivity index (χ1v) is 12.8. The topological polar surface area (TPSA) is 72.5 Å². The van der Waals surface area contributed by atoms with Crippen molar-refractivity contribution in [3.05, 3.63) is 29.8 Å². The van der Waals surface area contributed by atoms with Crippen molar-refractivity contribution in [1.29, 1.82) is 0 Å². The molecule has 0 amide bonds. The summed E-state index contributed by atoms with van der Waals surface area (Å²) in [6.45, 7) is 9.97. The molecule has 0 fully saturated rings. The summed E-state index contributed by atoms with van der Waals surface area (Å²) in [4.78, 5) is 12.2. The van der Waals surface area contributed by atoms with Crippen LogP contribution in [-0.4, -0.2) is 35.1 Å². The minimum absolute atomic E-state index is 0.0915. The Balaban J connectivity index is 3.00. The number of hydrogen-bond donors (Lipinski definition) is 1. The van der Waals surface area contributed by atoms with E-state index in [0.29, 0.717) is 0 Å². The maximum Gasteiger partial charge on any atom is 0.325 e. The summed E-state index contributed by atoms with van der Waals surface area (Å²) in [5.74, 6) is 2.32. The van der Waals surface area contributed by atoms with Gasteiger partial charge in [0.05, 0.1) is 11.5 Å². The second-order valence-electron chi connectivity index (χ2n) is 6.49. The molecule has 7 heteroatoms. The fraction of sp³-hybridized carbons (Fsp3) is 0.471. The molecule has 0 radical (unpaired) electrons. The molecule has 0 aliphatic carbocycles. The molecule has 132 valence electrons. The third kappa shape index (κ3) is 6.87. The molecule has 0 heterocycles. The zero-order valence-corrected chi connectivity index (χ0v) is 16.7. The van der Waals surface area contributed by atoms with Gasteiger partial charge in [-0.05, 0) is 26.0 Å². The molecule has 0 saturated heterocycles. The maximum atomic E-state index is 12.5. The number of carbonyl (C=O) groups is 1. The van der Waals surface area contributed by atoms with Gasteiger partial charge in [-0.25, -0.2) is 8.42 Å². The summed E-state index contributed by atoms with van der Waals surface area (Å²) in [6.07, 6.45) is 0.0915. The number of hydrogen-bond acceptors (Lipinski definition) is 4. The standard InChI is InChI=1S/C17H25NO4SSi/c1-6-22-17(19)16(8-7-13-24(3,4)5)18-23(20,21)15-11-9-14(2)10-12-15/h9-12,16,18H,6,8H2,1-5H3. The average Bonchev–Trinajstić information content (AvgIpc) is 2.45. The number of esters is 1. The Morgan fingerprint density at radius 2 is 1.83 bits per heavy atom. The zero-order valence-electron chi connectivity index (χ0n) is 14.8. The van der Waals surface area contributed by atoms with E-state index in [1.165, 1.54) is 12.1 Å². The minimum Gasteiger partial charge on any atom is -0.465 e. The van der Waals surface area contributed by atoms with E-state index in [1.807, 2.05) is 6.92 Å². The van der Waals surface area contributed by atoms with Gasteiger partial charge in [0.1, 0.15) is 14.1 Å². The van der Waals surface area contributed by atoms with Crippen molar-refractivity contribution in [2.24, 2.45) is 0 Å². The van der Waals surface area contributed by atoms with Crippen LogP contribution in [0, 0.1) is 18.4 Å². The lowest BCUT2D eigenvalue weighted by Gasteiger charge is -2.15. The number of aryl methyl sites for hydroxylation is 1. The van der Waals surface area contributed by atoms with Crippen LogP contribution in [0.1, 0.15) is 18.9 Å². The van der Waals surface area contributed by atoms with Gasteiger partial charge in [0, 0.05) is 6.42 Å². The third-order valence-electron chi connectivity index (χ3n) is 2.97. The van der Waals surface area contributed by atoms with Gasteiger partial charge >= 0.3 is 5.97 Å². The summed E-state index contributed by atoms with van der Waals surface area (Å²) in [5.41, 5.74) is 4.08. The summed E-state index contributed by atoms with van der Waals surface area (Å²) in [6, 6.07) is 5.42. The first-order chi connectivity index (χ1) is 11.0. The van der Waals surface area contributed by atoms with Crippen LogP contribution in [0.25, 0.3) is 0 Å². The van der Waals surface area contributed by atoms with E-state index in [-0.39, 0.29) is 17.9 Å². The minimum atomic E-state index is -3.81. The van der Waals surface area contributed by atoms with E-state index in [1.54, 1.807) is 19.1 Å². The second-order valence-corrected chi connectivity index (χ2v) is 13.0. The molecule has 1 aromatic rings. The van der Waals surface area contributed by atoms with Gasteiger partial charge in [0.25, 0.3) is 0 Å². The Kier molecular flexibility index (Phi) is 7.20. The SMILES string of the molecule is CCOC(=O)C(CC#C[Si](C)(C)C)NS(=O)(=O)c1ccc(C)cc1. The molecular formula is C17H25NO4SSi. The predicted octanol–water partition coefficient (Wildman–Crippen LogP) is 2.48. The van der Waals surface area contributed by atoms with Crippen LogP contribution in [0.3, 0.4) is 0 Å². The van der Waals surface area contributed by atoms with Crippen molar-refractivity contribution in [2.75, 3.05) is 6.61 Å². The van der Waals surface area contributed by atoms with Crippen molar-refractivity contribution < 1.29 is 17.9 Å². The number of rotatable bonds is 6. The molecule has 0 saturated carbocycles. The van der Waals surface area contributed by atoms with E-state index in [4.69, 9.17) is 4.74 Å². The first kappa shape index (κ1) is 20.4. The quantitative estimate of drug-likeness (QED) is 0.476. The highest BCUT2D eigenvalue weighted by Crippen LogP contribution is 2.12. The van der Waals surface area contributed by atoms with Gasteiger partial charge in [-0.1, -0.05) is 37.3 Å². The van der Waals surface area contributed by atoms with Crippen LogP contribution in [0.5, 0.6) is 0 Å². The molecule has 1 rings (SSSR count). The molecular weight excluding hydrogens is 342 g/mol. The molecule has 1 N–H and O–H groups in total. The summed E-state index contributed by atoms with van der Waals surface area (Å²) < 4.78 is 32.3. The van der Waals surface area contributed by atoms with Crippen molar-refractivity contribution in [3.8, 4) is 11.5 Å². The van der Waals surface area contributed by atoms with Crippen LogP contribution in [-0.2, 0) is 19.6 Å². The molecule has 0 bridgehead atoms. The Morgan fingerprint density at radius 3 is 2.33 bits per heavy atom. The lowest BCUT2D eigenvalue weighted by molar-refractivity contribution is -0.144. The maximum absolute atomic E-state index is 12.5. The van der Waals surface area contributed by atoms with E-state index in [2.05, 4.69) is 35.8 Å². The van der Waals surface area contributed by atoms with Crippen molar-refractivity contribution in [2.45, 2.75) is 50.8 Å². The van der Waals surface area contributed by atoms with Crippen LogP contribution < -0.4 is 4.72 Å². The van der Waals surface area contributed by atoms with Crippen LogP contribution in [0.15, 0.2) is 29.2 Å². The van der Waals surface area contributed by atoms with Crippen LogP contribution in [0.2, 0.25) is 19.6 Å². The monoisotopic (exact) mass is 367 g/mol. The largest absolute Gasteiger partial charge is 0.465 e. The lowest BCUT2D eigenvalue weighted by Crippen LogP contribution is -2.41. The Bertz CT molecular complexity index is 725. The Morgan fingerprint density at radius 1 is 1.25 bits per heavy atom. The molecule has 0 aliphatic rings. The smallest absolute Gasteiger partial charge is 0.325 e. The molecule has 1 atom stereocenters. The first-order valence-electron chi connectivity index (χ1n) is 7.81. The van der Waals surface area contributed by atoms with Crippen molar-refractivity contribution >= 4 is 24.1 Å². The summed E-state index contributed by atoms with van der Waals surface area (Å²) in [5, 5.41) is 0.